The summed E-state index contributed by atoms with van der Waals surface area (Å²) >= 11 is 3.46. The van der Waals surface area contributed by atoms with Crippen molar-refractivity contribution in [1.82, 2.24) is 10.2 Å². The summed E-state index contributed by atoms with van der Waals surface area (Å²) in [6, 6.07) is 0. The van der Waals surface area contributed by atoms with Crippen molar-refractivity contribution in [1.29, 1.82) is 0 Å². The number of nitrogens with zero attached hydrogens (tertiary/aromatic N) is 2. The van der Waals surface area contributed by atoms with E-state index in [1.165, 1.54) is 19.3 Å². The lowest BCUT2D eigenvalue weighted by Crippen LogP contribution is -1.96. The maximum atomic E-state index is 4.06. The van der Waals surface area contributed by atoms with Gasteiger partial charge in [-0.3, -0.25) is 0 Å². The maximum Gasteiger partial charge on any atom is 0.174 e. The van der Waals surface area contributed by atoms with E-state index < -0.39 is 0 Å². The Labute approximate surface area is 86.5 Å². The molecule has 0 saturated heterocycles. The van der Waals surface area contributed by atoms with E-state index >= 15 is 0 Å². The van der Waals surface area contributed by atoms with Crippen molar-refractivity contribution in [3.05, 3.63) is 16.7 Å². The second-order valence-corrected chi connectivity index (χ2v) is 5.56. The van der Waals surface area contributed by atoms with Gasteiger partial charge in [-0.15, -0.1) is 10.2 Å². The zero-order chi connectivity index (χ0) is 9.10. The minimum absolute atomic E-state index is 1.05. The molecule has 1 fully saturated rings. The molecule has 0 amide bonds. The first kappa shape index (κ1) is 9.21. The molecule has 1 aromatic rings. The molecule has 0 radical (unpaired) electrons. The standard InChI is InChI=1S/C9H12N2S2/c1-7-10-11-9(13-7)12-6-5-8-3-2-4-8/h5H,2-4,6H2,1H3. The van der Waals surface area contributed by atoms with E-state index in [0.717, 1.165) is 15.1 Å². The normalized spacial score (nSPS) is 15.6. The van der Waals surface area contributed by atoms with E-state index in [1.807, 2.05) is 6.92 Å². The van der Waals surface area contributed by atoms with Gasteiger partial charge in [0.2, 0.25) is 0 Å². The third kappa shape index (κ3) is 2.54. The van der Waals surface area contributed by atoms with Crippen LogP contribution in [0.4, 0.5) is 0 Å². The predicted molar refractivity (Wildman–Crippen MR) is 57.3 cm³/mol. The highest BCUT2D eigenvalue weighted by Crippen LogP contribution is 2.27. The van der Waals surface area contributed by atoms with Crippen LogP contribution in [0.1, 0.15) is 24.3 Å². The number of aromatic nitrogens is 2. The molecule has 13 heavy (non-hydrogen) atoms. The van der Waals surface area contributed by atoms with Gasteiger partial charge in [-0.1, -0.05) is 34.7 Å². The SMILES string of the molecule is Cc1nnc(SCC=C2CCC2)s1. The molecule has 0 aliphatic heterocycles. The molecule has 1 heterocycles. The Morgan fingerprint density at radius 1 is 1.46 bits per heavy atom. The van der Waals surface area contributed by atoms with Crippen molar-refractivity contribution in [2.24, 2.45) is 0 Å². The minimum Gasteiger partial charge on any atom is -0.143 e. The number of hydrogen-bond acceptors (Lipinski definition) is 4. The van der Waals surface area contributed by atoms with Gasteiger partial charge in [0.1, 0.15) is 5.01 Å². The van der Waals surface area contributed by atoms with Gasteiger partial charge in [0.25, 0.3) is 0 Å². The molecular weight excluding hydrogens is 200 g/mol. The van der Waals surface area contributed by atoms with Crippen molar-refractivity contribution < 1.29 is 0 Å². The van der Waals surface area contributed by atoms with Gasteiger partial charge in [-0.25, -0.2) is 0 Å². The Kier molecular flexibility index (Phi) is 3.01. The van der Waals surface area contributed by atoms with Crippen molar-refractivity contribution in [2.75, 3.05) is 5.75 Å². The fourth-order valence-corrected chi connectivity index (χ4v) is 2.93. The first-order valence-corrected chi connectivity index (χ1v) is 6.25. The molecule has 2 rings (SSSR count). The summed E-state index contributed by atoms with van der Waals surface area (Å²) in [5.41, 5.74) is 1.62. The smallest absolute Gasteiger partial charge is 0.143 e. The lowest BCUT2D eigenvalue weighted by molar-refractivity contribution is 0.661. The second-order valence-electron chi connectivity index (χ2n) is 3.11. The van der Waals surface area contributed by atoms with Gasteiger partial charge < -0.3 is 0 Å². The van der Waals surface area contributed by atoms with Crippen LogP contribution in [0.5, 0.6) is 0 Å². The van der Waals surface area contributed by atoms with Gasteiger partial charge in [0.05, 0.1) is 0 Å². The molecule has 0 N–H and O–H groups in total. The molecule has 4 heteroatoms. The average molecular weight is 212 g/mol. The fourth-order valence-electron chi connectivity index (χ4n) is 1.15. The molecule has 0 aromatic carbocycles. The Balaban J connectivity index is 1.79. The third-order valence-corrected chi connectivity index (χ3v) is 3.98. The molecule has 0 unspecified atom stereocenters. The van der Waals surface area contributed by atoms with Crippen LogP contribution in [-0.4, -0.2) is 16.0 Å². The molecular formula is C9H12N2S2. The van der Waals surface area contributed by atoms with E-state index in [0.29, 0.717) is 0 Å². The second kappa shape index (κ2) is 4.24. The van der Waals surface area contributed by atoms with E-state index in [9.17, 15) is 0 Å². The van der Waals surface area contributed by atoms with Crippen LogP contribution in [0.15, 0.2) is 16.0 Å². The number of thioether (sulfide) groups is 1. The minimum atomic E-state index is 1.05. The molecule has 0 spiro atoms. The average Bonchev–Trinajstić information content (AvgIpc) is 2.42. The summed E-state index contributed by atoms with van der Waals surface area (Å²) in [6.45, 7) is 1.99. The molecule has 1 aromatic heterocycles. The number of hydrogen-bond donors (Lipinski definition) is 0. The van der Waals surface area contributed by atoms with E-state index in [2.05, 4.69) is 16.3 Å². The van der Waals surface area contributed by atoms with Crippen molar-refractivity contribution in [3.63, 3.8) is 0 Å². The maximum absolute atomic E-state index is 4.06. The molecule has 0 atom stereocenters. The highest BCUT2D eigenvalue weighted by atomic mass is 32.2. The summed E-state index contributed by atoms with van der Waals surface area (Å²) in [7, 11) is 0. The van der Waals surface area contributed by atoms with Gasteiger partial charge >= 0.3 is 0 Å². The van der Waals surface area contributed by atoms with Crippen LogP contribution in [0, 0.1) is 6.92 Å². The van der Waals surface area contributed by atoms with Gasteiger partial charge in [-0.05, 0) is 26.2 Å². The Morgan fingerprint density at radius 2 is 2.31 bits per heavy atom. The summed E-state index contributed by atoms with van der Waals surface area (Å²) in [5.74, 6) is 1.06. The van der Waals surface area contributed by atoms with Gasteiger partial charge in [-0.2, -0.15) is 0 Å². The summed E-state index contributed by atoms with van der Waals surface area (Å²) in [5, 5.41) is 9.09. The van der Waals surface area contributed by atoms with Gasteiger partial charge in [0.15, 0.2) is 4.34 Å². The number of aryl methyl sites for hydroxylation is 1. The van der Waals surface area contributed by atoms with E-state index in [-0.39, 0.29) is 0 Å². The molecule has 1 aliphatic carbocycles. The van der Waals surface area contributed by atoms with Crippen LogP contribution in [0.3, 0.4) is 0 Å². The first-order chi connectivity index (χ1) is 6.34. The van der Waals surface area contributed by atoms with Crippen LogP contribution in [-0.2, 0) is 0 Å². The monoisotopic (exact) mass is 212 g/mol. The Hall–Kier alpha value is -0.350. The zero-order valence-electron chi connectivity index (χ0n) is 7.62. The number of rotatable bonds is 3. The van der Waals surface area contributed by atoms with Crippen molar-refractivity contribution >= 4 is 23.1 Å². The summed E-state index contributed by atoms with van der Waals surface area (Å²) in [4.78, 5) is 0. The van der Waals surface area contributed by atoms with Crippen LogP contribution < -0.4 is 0 Å². The van der Waals surface area contributed by atoms with E-state index in [4.69, 9.17) is 0 Å². The first-order valence-electron chi connectivity index (χ1n) is 4.45. The van der Waals surface area contributed by atoms with Crippen LogP contribution >= 0.6 is 23.1 Å². The third-order valence-electron chi connectivity index (χ3n) is 2.08. The van der Waals surface area contributed by atoms with Crippen molar-refractivity contribution in [3.8, 4) is 0 Å². The number of allylic oxidation sites excluding steroid dienone is 1. The van der Waals surface area contributed by atoms with Gasteiger partial charge in [0, 0.05) is 5.75 Å². The van der Waals surface area contributed by atoms with Crippen molar-refractivity contribution in [2.45, 2.75) is 30.5 Å². The molecule has 2 nitrogen and oxygen atoms in total. The molecule has 70 valence electrons. The lowest BCUT2D eigenvalue weighted by Gasteiger charge is -2.15. The molecule has 0 bridgehead atoms. The molecule has 1 aliphatic rings. The molecule has 1 saturated carbocycles. The lowest BCUT2D eigenvalue weighted by atomic mass is 9.93. The summed E-state index contributed by atoms with van der Waals surface area (Å²) < 4.78 is 1.09. The predicted octanol–water partition coefficient (Wildman–Crippen LogP) is 3.05. The summed E-state index contributed by atoms with van der Waals surface area (Å²) in [6.07, 6.45) is 6.35. The fraction of sp³-hybridized carbons (Fsp3) is 0.556. The van der Waals surface area contributed by atoms with E-state index in [1.54, 1.807) is 28.7 Å². The largest absolute Gasteiger partial charge is 0.174 e. The van der Waals surface area contributed by atoms with Crippen LogP contribution in [0.2, 0.25) is 0 Å². The topological polar surface area (TPSA) is 25.8 Å². The Morgan fingerprint density at radius 3 is 2.85 bits per heavy atom. The van der Waals surface area contributed by atoms with Crippen LogP contribution in [0.25, 0.3) is 0 Å². The highest BCUT2D eigenvalue weighted by Gasteiger charge is 2.07. The Bertz CT molecular complexity index is 311. The highest BCUT2D eigenvalue weighted by molar-refractivity contribution is 8.01. The quantitative estimate of drug-likeness (QED) is 0.569. The zero-order valence-corrected chi connectivity index (χ0v) is 9.25.